The van der Waals surface area contributed by atoms with Crippen LogP contribution in [0.3, 0.4) is 0 Å². The largest absolute Gasteiger partial charge is 0.466 e. The number of aldehydes is 1. The molecule has 0 amide bonds. The van der Waals surface area contributed by atoms with Crippen LogP contribution in [0.2, 0.25) is 0 Å². The fraction of sp³-hybridized carbons (Fsp3) is 0.750. The molecule has 0 heterocycles. The van der Waals surface area contributed by atoms with Crippen LogP contribution in [0.4, 0.5) is 0 Å². The molecule has 0 aliphatic heterocycles. The van der Waals surface area contributed by atoms with Gasteiger partial charge in [0, 0.05) is 0 Å². The van der Waals surface area contributed by atoms with Gasteiger partial charge in [-0.1, -0.05) is 0 Å². The Labute approximate surface area is 73.3 Å². The van der Waals surface area contributed by atoms with Gasteiger partial charge in [-0.2, -0.15) is 0 Å². The van der Waals surface area contributed by atoms with E-state index in [1.807, 2.05) is 0 Å². The molecule has 0 spiro atoms. The van der Waals surface area contributed by atoms with Gasteiger partial charge in [0.1, 0.15) is 12.2 Å². The summed E-state index contributed by atoms with van der Waals surface area (Å²) in [5.41, 5.74) is 0. The van der Waals surface area contributed by atoms with Gasteiger partial charge in [-0.05, 0) is 0 Å². The second-order valence-electron chi connectivity index (χ2n) is 1.89. The summed E-state index contributed by atoms with van der Waals surface area (Å²) >= 11 is 0. The van der Waals surface area contributed by atoms with E-state index in [0.717, 1.165) is 0 Å². The molecule has 0 aliphatic carbocycles. The number of carbonyl (C=O) groups is 1. The van der Waals surface area contributed by atoms with Crippen molar-refractivity contribution in [3.63, 3.8) is 0 Å². The summed E-state index contributed by atoms with van der Waals surface area (Å²) in [6, 6.07) is 0. The Hall–Kier alpha value is -0.340. The lowest BCUT2D eigenvalue weighted by Crippen LogP contribution is -2.30. The number of aliphatic hydroxyl groups excluding tert-OH is 3. The molecule has 6 N–H and O–H groups in total. The van der Waals surface area contributed by atoms with E-state index in [1.165, 1.54) is 0 Å². The van der Waals surface area contributed by atoms with E-state index in [9.17, 15) is 4.79 Å². The Kier molecular flexibility index (Phi) is 8.27. The van der Waals surface area contributed by atoms with E-state index in [0.29, 0.717) is 0 Å². The van der Waals surface area contributed by atoms with Gasteiger partial charge in [-0.25, -0.2) is 4.57 Å². The summed E-state index contributed by atoms with van der Waals surface area (Å²) < 4.78 is 8.88. The minimum atomic E-state index is -4.64. The molecule has 0 fully saturated rings. The zero-order valence-corrected chi connectivity index (χ0v) is 7.28. The molecule has 0 radical (unpaired) electrons. The second kappa shape index (κ2) is 7.10. The highest BCUT2D eigenvalue weighted by atomic mass is 31.2. The van der Waals surface area contributed by atoms with Gasteiger partial charge in [-0.3, -0.25) is 0 Å². The lowest BCUT2D eigenvalue weighted by atomic mass is 10.2. The zero-order chi connectivity index (χ0) is 11.1. The highest BCUT2D eigenvalue weighted by Gasteiger charge is 2.12. The number of carbonyl (C=O) groups excluding carboxylic acids is 1. The van der Waals surface area contributed by atoms with Crippen molar-refractivity contribution in [2.75, 3.05) is 6.61 Å². The Balaban J connectivity index is 0. The van der Waals surface area contributed by atoms with Crippen molar-refractivity contribution >= 4 is 14.1 Å². The van der Waals surface area contributed by atoms with E-state index < -0.39 is 26.6 Å². The van der Waals surface area contributed by atoms with Crippen LogP contribution in [-0.2, 0) is 9.36 Å². The molecule has 0 saturated heterocycles. The molecule has 8 nitrogen and oxygen atoms in total. The van der Waals surface area contributed by atoms with Crippen molar-refractivity contribution in [1.82, 2.24) is 0 Å². The first-order valence-electron chi connectivity index (χ1n) is 2.93. The molecular weight excluding hydrogens is 207 g/mol. The number of rotatable bonds is 3. The van der Waals surface area contributed by atoms with Gasteiger partial charge in [-0.15, -0.1) is 0 Å². The summed E-state index contributed by atoms with van der Waals surface area (Å²) in [7, 11) is -4.64. The van der Waals surface area contributed by atoms with Gasteiger partial charge >= 0.3 is 7.82 Å². The summed E-state index contributed by atoms with van der Waals surface area (Å²) in [6.07, 6.45) is -2.63. The van der Waals surface area contributed by atoms with Gasteiger partial charge in [0.05, 0.1) is 6.61 Å². The van der Waals surface area contributed by atoms with Crippen LogP contribution in [0.1, 0.15) is 0 Å². The van der Waals surface area contributed by atoms with Crippen LogP contribution in [-0.4, -0.2) is 55.1 Å². The standard InChI is InChI=1S/C4H8O4.H3O4P/c5-1-3(7)4(8)2-6;1-5(2,3)4/h1,3-4,6-8H,2H2;(H3,1,2,3,4). The molecule has 2 unspecified atom stereocenters. The van der Waals surface area contributed by atoms with Crippen LogP contribution in [0, 0.1) is 0 Å². The second-order valence-corrected chi connectivity index (χ2v) is 2.92. The van der Waals surface area contributed by atoms with Crippen molar-refractivity contribution in [1.29, 1.82) is 0 Å². The van der Waals surface area contributed by atoms with Gasteiger partial charge in [0.15, 0.2) is 6.29 Å². The Morgan fingerprint density at radius 1 is 1.23 bits per heavy atom. The SMILES string of the molecule is O=CC(O)C(O)CO.O=P(O)(O)O. The molecular formula is C4H11O8P. The molecule has 0 aromatic rings. The molecule has 0 saturated carbocycles. The van der Waals surface area contributed by atoms with E-state index >= 15 is 0 Å². The molecule has 0 aromatic heterocycles. The molecule has 2 atom stereocenters. The maximum atomic E-state index is 9.58. The van der Waals surface area contributed by atoms with E-state index in [2.05, 4.69) is 0 Å². The first-order valence-corrected chi connectivity index (χ1v) is 4.49. The number of hydrogen-bond acceptors (Lipinski definition) is 5. The average Bonchev–Trinajstić information content (AvgIpc) is 1.98. The minimum absolute atomic E-state index is 0.168. The third-order valence-electron chi connectivity index (χ3n) is 0.721. The third kappa shape index (κ3) is 18.5. The number of aliphatic hydroxyl groups is 3. The van der Waals surface area contributed by atoms with Gasteiger partial charge in [0.2, 0.25) is 0 Å². The smallest absolute Gasteiger partial charge is 0.394 e. The van der Waals surface area contributed by atoms with Crippen molar-refractivity contribution in [2.24, 2.45) is 0 Å². The predicted octanol–water partition coefficient (Wildman–Crippen LogP) is -3.03. The molecule has 80 valence electrons. The van der Waals surface area contributed by atoms with Crippen LogP contribution in [0.25, 0.3) is 0 Å². The van der Waals surface area contributed by atoms with E-state index in [4.69, 9.17) is 34.6 Å². The Bertz CT molecular complexity index is 167. The molecule has 9 heteroatoms. The molecule has 0 aromatic carbocycles. The van der Waals surface area contributed by atoms with Crippen LogP contribution in [0.15, 0.2) is 0 Å². The number of hydrogen-bond donors (Lipinski definition) is 6. The fourth-order valence-corrected chi connectivity index (χ4v) is 0.199. The summed E-state index contributed by atoms with van der Waals surface area (Å²) in [6.45, 7) is -0.597. The molecule has 0 bridgehead atoms. The lowest BCUT2D eigenvalue weighted by molar-refractivity contribution is -0.121. The van der Waals surface area contributed by atoms with E-state index in [1.54, 1.807) is 0 Å². The molecule has 0 rings (SSSR count). The van der Waals surface area contributed by atoms with Crippen LogP contribution >= 0.6 is 7.82 Å². The Morgan fingerprint density at radius 3 is 1.62 bits per heavy atom. The van der Waals surface area contributed by atoms with E-state index in [-0.39, 0.29) is 6.29 Å². The normalized spacial score (nSPS) is 15.2. The monoisotopic (exact) mass is 218 g/mol. The highest BCUT2D eigenvalue weighted by molar-refractivity contribution is 7.45. The topological polar surface area (TPSA) is 156 Å². The lowest BCUT2D eigenvalue weighted by Gasteiger charge is -2.06. The minimum Gasteiger partial charge on any atom is -0.394 e. The summed E-state index contributed by atoms with van der Waals surface area (Å²) in [5.74, 6) is 0. The van der Waals surface area contributed by atoms with Gasteiger partial charge < -0.3 is 34.8 Å². The number of phosphoric acid groups is 1. The van der Waals surface area contributed by atoms with Crippen molar-refractivity contribution in [3.05, 3.63) is 0 Å². The van der Waals surface area contributed by atoms with Crippen molar-refractivity contribution in [2.45, 2.75) is 12.2 Å². The van der Waals surface area contributed by atoms with Crippen molar-refractivity contribution in [3.8, 4) is 0 Å². The van der Waals surface area contributed by atoms with Crippen LogP contribution in [0.5, 0.6) is 0 Å². The van der Waals surface area contributed by atoms with Gasteiger partial charge in [0.25, 0.3) is 0 Å². The van der Waals surface area contributed by atoms with Crippen molar-refractivity contribution < 1.29 is 39.4 Å². The first-order chi connectivity index (χ1) is 5.72. The molecule has 0 aliphatic rings. The predicted molar refractivity (Wildman–Crippen MR) is 39.4 cm³/mol. The quantitative estimate of drug-likeness (QED) is 0.216. The maximum Gasteiger partial charge on any atom is 0.466 e. The zero-order valence-electron chi connectivity index (χ0n) is 6.39. The Morgan fingerprint density at radius 2 is 1.54 bits per heavy atom. The molecule has 13 heavy (non-hydrogen) atoms. The fourth-order valence-electron chi connectivity index (χ4n) is 0.199. The summed E-state index contributed by atoms with van der Waals surface area (Å²) in [5, 5.41) is 24.8. The van der Waals surface area contributed by atoms with Crippen LogP contribution < -0.4 is 0 Å². The maximum absolute atomic E-state index is 9.58. The average molecular weight is 218 g/mol. The third-order valence-corrected chi connectivity index (χ3v) is 0.721. The first kappa shape index (κ1) is 15.1. The highest BCUT2D eigenvalue weighted by Crippen LogP contribution is 2.25. The summed E-state index contributed by atoms with van der Waals surface area (Å²) in [4.78, 5) is 31.1.